The fraction of sp³-hybridized carbons (Fsp3) is 0.278. The first kappa shape index (κ1) is 19.9. The van der Waals surface area contributed by atoms with Crippen LogP contribution in [0.25, 0.3) is 0 Å². The Hall–Kier alpha value is -2.82. The molecule has 0 aromatic heterocycles. The van der Waals surface area contributed by atoms with Gasteiger partial charge < -0.3 is 9.64 Å². The smallest absolute Gasteiger partial charge is 0.269 e. The van der Waals surface area contributed by atoms with Crippen LogP contribution in [0.3, 0.4) is 0 Å². The maximum Gasteiger partial charge on any atom is 0.269 e. The number of anilines is 1. The van der Waals surface area contributed by atoms with Crippen molar-refractivity contribution in [1.29, 1.82) is 0 Å². The highest BCUT2D eigenvalue weighted by molar-refractivity contribution is 7.89. The Labute approximate surface area is 162 Å². The van der Waals surface area contributed by atoms with Crippen LogP contribution in [0.5, 0.6) is 0 Å². The third kappa shape index (κ3) is 4.71. The summed E-state index contributed by atoms with van der Waals surface area (Å²) in [6, 6.07) is 11.4. The molecule has 2 aromatic carbocycles. The van der Waals surface area contributed by atoms with Gasteiger partial charge in [0.25, 0.3) is 5.69 Å². The predicted octanol–water partition coefficient (Wildman–Crippen LogP) is 1.59. The summed E-state index contributed by atoms with van der Waals surface area (Å²) in [5.41, 5.74) is 1.16. The number of nitro groups is 1. The lowest BCUT2D eigenvalue weighted by molar-refractivity contribution is -0.384. The van der Waals surface area contributed by atoms with Crippen molar-refractivity contribution in [3.8, 4) is 0 Å². The zero-order chi connectivity index (χ0) is 20.1. The lowest BCUT2D eigenvalue weighted by Crippen LogP contribution is -2.36. The van der Waals surface area contributed by atoms with Gasteiger partial charge in [-0.1, -0.05) is 0 Å². The summed E-state index contributed by atoms with van der Waals surface area (Å²) < 4.78 is 32.0. The first-order chi connectivity index (χ1) is 13.4. The SMILES string of the molecule is O=C(CNS(=O)(=O)c1ccc([N+](=O)[O-])cc1)c1ccc(N2CCOCC2)cc1. The number of non-ortho nitro benzene ring substituents is 1. The van der Waals surface area contributed by atoms with Crippen molar-refractivity contribution in [3.63, 3.8) is 0 Å². The summed E-state index contributed by atoms with van der Waals surface area (Å²) in [5, 5.41) is 10.6. The second kappa shape index (κ2) is 8.46. The second-order valence-electron chi connectivity index (χ2n) is 6.15. The van der Waals surface area contributed by atoms with E-state index in [0.29, 0.717) is 18.8 Å². The molecule has 1 fully saturated rings. The average molecular weight is 405 g/mol. The van der Waals surface area contributed by atoms with Gasteiger partial charge in [0.05, 0.1) is 29.6 Å². The minimum Gasteiger partial charge on any atom is -0.378 e. The van der Waals surface area contributed by atoms with Gasteiger partial charge in [-0.05, 0) is 36.4 Å². The fourth-order valence-corrected chi connectivity index (χ4v) is 3.75. The molecule has 1 heterocycles. The monoisotopic (exact) mass is 405 g/mol. The van der Waals surface area contributed by atoms with Crippen LogP contribution in [0.2, 0.25) is 0 Å². The lowest BCUT2D eigenvalue weighted by atomic mass is 10.1. The summed E-state index contributed by atoms with van der Waals surface area (Å²) >= 11 is 0. The first-order valence-corrected chi connectivity index (χ1v) is 10.1. The number of hydrogen-bond acceptors (Lipinski definition) is 7. The van der Waals surface area contributed by atoms with Crippen LogP contribution < -0.4 is 9.62 Å². The molecule has 3 rings (SSSR count). The van der Waals surface area contributed by atoms with Crippen LogP contribution >= 0.6 is 0 Å². The van der Waals surface area contributed by atoms with E-state index < -0.39 is 21.5 Å². The van der Waals surface area contributed by atoms with E-state index in [4.69, 9.17) is 4.74 Å². The molecule has 9 nitrogen and oxygen atoms in total. The minimum absolute atomic E-state index is 0.145. The summed E-state index contributed by atoms with van der Waals surface area (Å²) in [4.78, 5) is 24.3. The predicted molar refractivity (Wildman–Crippen MR) is 102 cm³/mol. The summed E-state index contributed by atoms with van der Waals surface area (Å²) in [7, 11) is -3.95. The van der Waals surface area contributed by atoms with E-state index in [1.54, 1.807) is 12.1 Å². The van der Waals surface area contributed by atoms with Gasteiger partial charge in [0.2, 0.25) is 10.0 Å². The Morgan fingerprint density at radius 1 is 1.07 bits per heavy atom. The van der Waals surface area contributed by atoms with Gasteiger partial charge in [-0.2, -0.15) is 0 Å². The van der Waals surface area contributed by atoms with Crippen LogP contribution in [-0.2, 0) is 14.8 Å². The van der Waals surface area contributed by atoms with Gasteiger partial charge in [-0.25, -0.2) is 13.1 Å². The molecular weight excluding hydrogens is 386 g/mol. The van der Waals surface area contributed by atoms with Gasteiger partial charge in [-0.15, -0.1) is 0 Å². The summed E-state index contributed by atoms with van der Waals surface area (Å²) in [6.45, 7) is 2.47. The van der Waals surface area contributed by atoms with Crippen molar-refractivity contribution in [2.75, 3.05) is 37.7 Å². The van der Waals surface area contributed by atoms with Crippen molar-refractivity contribution in [2.45, 2.75) is 4.90 Å². The molecule has 1 N–H and O–H groups in total. The molecule has 0 radical (unpaired) electrons. The molecule has 0 bridgehead atoms. The largest absolute Gasteiger partial charge is 0.378 e. The molecule has 0 aliphatic carbocycles. The highest BCUT2D eigenvalue weighted by Gasteiger charge is 2.18. The van der Waals surface area contributed by atoms with E-state index in [0.717, 1.165) is 43.0 Å². The molecule has 0 saturated carbocycles. The van der Waals surface area contributed by atoms with Crippen molar-refractivity contribution >= 4 is 27.2 Å². The number of nitrogens with zero attached hydrogens (tertiary/aromatic N) is 2. The zero-order valence-electron chi connectivity index (χ0n) is 14.9. The Morgan fingerprint density at radius 2 is 1.68 bits per heavy atom. The van der Waals surface area contributed by atoms with E-state index in [9.17, 15) is 23.3 Å². The molecule has 1 aliphatic heterocycles. The molecule has 148 valence electrons. The molecule has 0 spiro atoms. The Kier molecular flexibility index (Phi) is 6.02. The number of nitrogens with one attached hydrogen (secondary N) is 1. The number of benzene rings is 2. The van der Waals surface area contributed by atoms with Gasteiger partial charge >= 0.3 is 0 Å². The number of Topliss-reactive ketones (excluding diaryl/α,β-unsaturated/α-hetero) is 1. The number of nitro benzene ring substituents is 1. The zero-order valence-corrected chi connectivity index (χ0v) is 15.7. The molecule has 2 aromatic rings. The van der Waals surface area contributed by atoms with Crippen molar-refractivity contribution in [1.82, 2.24) is 4.72 Å². The number of carbonyl (C=O) groups excluding carboxylic acids is 1. The standard InChI is InChI=1S/C18H19N3O6S/c22-18(14-1-3-15(4-2-14)20-9-11-27-12-10-20)13-19-28(25,26)17-7-5-16(6-8-17)21(23)24/h1-8,19H,9-13H2. The quantitative estimate of drug-likeness (QED) is 0.422. The Bertz CT molecular complexity index is 952. The van der Waals surface area contributed by atoms with Gasteiger partial charge in [0, 0.05) is 36.5 Å². The number of morpholine rings is 1. The van der Waals surface area contributed by atoms with Gasteiger partial charge in [-0.3, -0.25) is 14.9 Å². The number of sulfonamides is 1. The van der Waals surface area contributed by atoms with E-state index in [1.165, 1.54) is 0 Å². The molecule has 1 aliphatic rings. The van der Waals surface area contributed by atoms with Gasteiger partial charge in [0.15, 0.2) is 5.78 Å². The van der Waals surface area contributed by atoms with Crippen LogP contribution in [0.1, 0.15) is 10.4 Å². The summed E-state index contributed by atoms with van der Waals surface area (Å²) in [5.74, 6) is -0.376. The van der Waals surface area contributed by atoms with E-state index in [1.807, 2.05) is 12.1 Å². The molecule has 0 amide bonds. The summed E-state index contributed by atoms with van der Waals surface area (Å²) in [6.07, 6.45) is 0. The highest BCUT2D eigenvalue weighted by atomic mass is 32.2. The molecule has 28 heavy (non-hydrogen) atoms. The number of ketones is 1. The second-order valence-corrected chi connectivity index (χ2v) is 7.91. The van der Waals surface area contributed by atoms with Crippen molar-refractivity contribution < 1.29 is 22.9 Å². The van der Waals surface area contributed by atoms with E-state index in [-0.39, 0.29) is 16.4 Å². The van der Waals surface area contributed by atoms with Crippen LogP contribution in [0.15, 0.2) is 53.4 Å². The Balaban J connectivity index is 1.61. The molecule has 10 heteroatoms. The van der Waals surface area contributed by atoms with Gasteiger partial charge in [0.1, 0.15) is 0 Å². The highest BCUT2D eigenvalue weighted by Crippen LogP contribution is 2.18. The Morgan fingerprint density at radius 3 is 2.25 bits per heavy atom. The average Bonchev–Trinajstić information content (AvgIpc) is 2.73. The van der Waals surface area contributed by atoms with Crippen LogP contribution in [-0.4, -0.2) is 52.0 Å². The third-order valence-corrected chi connectivity index (χ3v) is 5.76. The maximum atomic E-state index is 12.3. The number of rotatable bonds is 7. The number of ether oxygens (including phenoxy) is 1. The fourth-order valence-electron chi connectivity index (χ4n) is 2.77. The van der Waals surface area contributed by atoms with Crippen LogP contribution in [0.4, 0.5) is 11.4 Å². The molecule has 0 unspecified atom stereocenters. The maximum absolute atomic E-state index is 12.3. The third-order valence-electron chi connectivity index (χ3n) is 4.35. The van der Waals surface area contributed by atoms with Crippen molar-refractivity contribution in [2.24, 2.45) is 0 Å². The van der Waals surface area contributed by atoms with E-state index >= 15 is 0 Å². The number of hydrogen-bond donors (Lipinski definition) is 1. The normalized spacial score (nSPS) is 14.6. The molecule has 1 saturated heterocycles. The topological polar surface area (TPSA) is 119 Å². The van der Waals surface area contributed by atoms with E-state index in [2.05, 4.69) is 9.62 Å². The molecular formula is C18H19N3O6S. The van der Waals surface area contributed by atoms with Crippen LogP contribution in [0, 0.1) is 10.1 Å². The number of carbonyl (C=O) groups is 1. The minimum atomic E-state index is -3.95. The van der Waals surface area contributed by atoms with Crippen molar-refractivity contribution in [3.05, 3.63) is 64.2 Å². The first-order valence-electron chi connectivity index (χ1n) is 8.57. The molecule has 0 atom stereocenters. The lowest BCUT2D eigenvalue weighted by Gasteiger charge is -2.28.